The van der Waals surface area contributed by atoms with E-state index in [1.54, 1.807) is 0 Å². The van der Waals surface area contributed by atoms with E-state index in [9.17, 15) is 43.5 Å². The summed E-state index contributed by atoms with van der Waals surface area (Å²) >= 11 is 0. The van der Waals surface area contributed by atoms with Crippen molar-refractivity contribution >= 4 is 47.5 Å². The standard InChI is InChI=1S/C36H62N4O14/c41-29(37-21-22-53-23-24-54-26-31(43)39-27(18-20-33(46)47)35(50)38-25-34(48)49)19-17-28(36(51)52)40-30(42)15-13-11-9-7-5-3-1-2-4-6-8-10-12-14-16-32(44)45/h27-28H,1-26H2,(H,37,41)(H,38,50)(H,39,43)(H,40,42)(H,44,45)(H,46,47)(H,48,49)(H,51,52)/t27?,28-/m0/s1. The highest BCUT2D eigenvalue weighted by Crippen LogP contribution is 2.14. The van der Waals surface area contributed by atoms with E-state index in [0.717, 1.165) is 51.4 Å². The van der Waals surface area contributed by atoms with Gasteiger partial charge < -0.3 is 51.2 Å². The van der Waals surface area contributed by atoms with Crippen LogP contribution >= 0.6 is 0 Å². The molecule has 310 valence electrons. The summed E-state index contributed by atoms with van der Waals surface area (Å²) in [6.07, 6.45) is 14.4. The number of carboxylic acids is 4. The number of amides is 4. The summed E-state index contributed by atoms with van der Waals surface area (Å²) < 4.78 is 10.5. The number of carbonyl (C=O) groups is 8. The number of aliphatic carboxylic acids is 4. The smallest absolute Gasteiger partial charge is 0.326 e. The Morgan fingerprint density at radius 3 is 1.44 bits per heavy atom. The average molecular weight is 775 g/mol. The third-order valence-corrected chi connectivity index (χ3v) is 8.22. The van der Waals surface area contributed by atoms with Crippen LogP contribution < -0.4 is 21.3 Å². The van der Waals surface area contributed by atoms with Crippen molar-refractivity contribution in [2.45, 2.75) is 141 Å². The molecule has 0 spiro atoms. The molecule has 0 aromatic carbocycles. The van der Waals surface area contributed by atoms with Crippen LogP contribution in [0, 0.1) is 0 Å². The Kier molecular flexibility index (Phi) is 30.6. The molecule has 0 saturated heterocycles. The molecule has 0 saturated carbocycles. The first-order valence-corrected chi connectivity index (χ1v) is 19.0. The SMILES string of the molecule is O=C(O)CCCCCCCCCCCCCCCCC(=O)N[C@@H](CCC(=O)NCCOCCOCC(=O)NC(CCC(=O)O)C(=O)NCC(=O)O)C(=O)O. The molecule has 0 bridgehead atoms. The van der Waals surface area contributed by atoms with Gasteiger partial charge in [-0.25, -0.2) is 4.79 Å². The molecule has 1 unspecified atom stereocenters. The van der Waals surface area contributed by atoms with E-state index >= 15 is 0 Å². The molecule has 2 atom stereocenters. The third-order valence-electron chi connectivity index (χ3n) is 8.22. The summed E-state index contributed by atoms with van der Waals surface area (Å²) in [5.74, 6) is -6.79. The number of hydrogen-bond donors (Lipinski definition) is 8. The summed E-state index contributed by atoms with van der Waals surface area (Å²) in [5.41, 5.74) is 0. The Labute approximate surface area is 316 Å². The summed E-state index contributed by atoms with van der Waals surface area (Å²) in [6, 6.07) is -2.44. The predicted molar refractivity (Wildman–Crippen MR) is 194 cm³/mol. The summed E-state index contributed by atoms with van der Waals surface area (Å²) in [7, 11) is 0. The molecule has 0 heterocycles. The van der Waals surface area contributed by atoms with Crippen molar-refractivity contribution in [3.63, 3.8) is 0 Å². The third kappa shape index (κ3) is 32.3. The first-order valence-electron chi connectivity index (χ1n) is 19.0. The number of carboxylic acid groups (broad SMARTS) is 4. The van der Waals surface area contributed by atoms with Crippen molar-refractivity contribution in [3.05, 3.63) is 0 Å². The predicted octanol–water partition coefficient (Wildman–Crippen LogP) is 2.36. The molecule has 4 amide bonds. The van der Waals surface area contributed by atoms with Crippen LogP contribution in [0.4, 0.5) is 0 Å². The molecule has 54 heavy (non-hydrogen) atoms. The number of rotatable bonds is 37. The fourth-order valence-corrected chi connectivity index (χ4v) is 5.28. The average Bonchev–Trinajstić information content (AvgIpc) is 3.11. The van der Waals surface area contributed by atoms with Crippen molar-refractivity contribution in [1.29, 1.82) is 0 Å². The zero-order chi connectivity index (χ0) is 40.4. The van der Waals surface area contributed by atoms with Gasteiger partial charge in [0, 0.05) is 32.2 Å². The Morgan fingerprint density at radius 1 is 0.444 bits per heavy atom. The van der Waals surface area contributed by atoms with Gasteiger partial charge in [0.05, 0.1) is 19.8 Å². The Bertz CT molecular complexity index is 1140. The molecule has 0 fully saturated rings. The molecule has 0 aromatic rings. The van der Waals surface area contributed by atoms with Gasteiger partial charge in [-0.05, 0) is 25.7 Å². The van der Waals surface area contributed by atoms with E-state index in [1.165, 1.54) is 32.1 Å². The largest absolute Gasteiger partial charge is 0.481 e. The maximum Gasteiger partial charge on any atom is 0.326 e. The van der Waals surface area contributed by atoms with Gasteiger partial charge in [-0.1, -0.05) is 77.0 Å². The van der Waals surface area contributed by atoms with Crippen LogP contribution in [0.3, 0.4) is 0 Å². The van der Waals surface area contributed by atoms with Crippen LogP contribution in [0.2, 0.25) is 0 Å². The molecular weight excluding hydrogens is 712 g/mol. The summed E-state index contributed by atoms with van der Waals surface area (Å²) in [4.78, 5) is 92.2. The summed E-state index contributed by atoms with van der Waals surface area (Å²) in [6.45, 7) is -0.906. The van der Waals surface area contributed by atoms with E-state index in [0.29, 0.717) is 6.42 Å². The van der Waals surface area contributed by atoms with Crippen molar-refractivity contribution in [1.82, 2.24) is 21.3 Å². The highest BCUT2D eigenvalue weighted by atomic mass is 16.5. The van der Waals surface area contributed by atoms with Gasteiger partial charge in [-0.15, -0.1) is 0 Å². The Balaban J connectivity index is 3.93. The number of ether oxygens (including phenoxy) is 2. The second-order valence-electron chi connectivity index (χ2n) is 13.0. The summed E-state index contributed by atoms with van der Waals surface area (Å²) in [5, 5.41) is 45.1. The van der Waals surface area contributed by atoms with Crippen molar-refractivity contribution in [3.8, 4) is 0 Å². The highest BCUT2D eigenvalue weighted by molar-refractivity contribution is 5.90. The molecule has 0 aromatic heterocycles. The number of unbranched alkanes of at least 4 members (excludes halogenated alkanes) is 13. The molecule has 18 heteroatoms. The molecule has 18 nitrogen and oxygen atoms in total. The Morgan fingerprint density at radius 2 is 0.926 bits per heavy atom. The second kappa shape index (κ2) is 33.3. The van der Waals surface area contributed by atoms with Crippen LogP contribution in [0.1, 0.15) is 128 Å². The van der Waals surface area contributed by atoms with Gasteiger partial charge in [0.2, 0.25) is 23.6 Å². The second-order valence-corrected chi connectivity index (χ2v) is 13.0. The van der Waals surface area contributed by atoms with Crippen LogP contribution in [-0.4, -0.2) is 120 Å². The first-order chi connectivity index (χ1) is 25.8. The molecule has 0 aliphatic carbocycles. The first kappa shape index (κ1) is 49.7. The molecule has 0 radical (unpaired) electrons. The van der Waals surface area contributed by atoms with Crippen molar-refractivity contribution < 1.29 is 68.3 Å². The Hall–Kier alpha value is -4.32. The molecule has 8 N–H and O–H groups in total. The fraction of sp³-hybridized carbons (Fsp3) is 0.778. The zero-order valence-corrected chi connectivity index (χ0v) is 31.4. The lowest BCUT2D eigenvalue weighted by Crippen LogP contribution is -2.49. The van der Waals surface area contributed by atoms with E-state index in [4.69, 9.17) is 24.8 Å². The topological polar surface area (TPSA) is 284 Å². The lowest BCUT2D eigenvalue weighted by molar-refractivity contribution is -0.142. The van der Waals surface area contributed by atoms with Gasteiger partial charge in [0.15, 0.2) is 0 Å². The molecular formula is C36H62N4O14. The molecule has 0 aliphatic rings. The zero-order valence-electron chi connectivity index (χ0n) is 31.4. The van der Waals surface area contributed by atoms with E-state index in [1.807, 2.05) is 0 Å². The quantitative estimate of drug-likeness (QED) is 0.0421. The number of nitrogens with one attached hydrogen (secondary N) is 4. The van der Waals surface area contributed by atoms with Gasteiger partial charge >= 0.3 is 23.9 Å². The van der Waals surface area contributed by atoms with Crippen LogP contribution in [-0.2, 0) is 47.8 Å². The maximum absolute atomic E-state index is 12.3. The minimum Gasteiger partial charge on any atom is -0.481 e. The van der Waals surface area contributed by atoms with Gasteiger partial charge in [-0.2, -0.15) is 0 Å². The van der Waals surface area contributed by atoms with E-state index in [2.05, 4.69) is 21.3 Å². The lowest BCUT2D eigenvalue weighted by Gasteiger charge is -2.17. The number of hydrogen-bond acceptors (Lipinski definition) is 10. The van der Waals surface area contributed by atoms with Crippen molar-refractivity contribution in [2.75, 3.05) is 39.5 Å². The molecule has 0 rings (SSSR count). The lowest BCUT2D eigenvalue weighted by atomic mass is 10.0. The minimum absolute atomic E-state index is 0.0189. The van der Waals surface area contributed by atoms with Crippen LogP contribution in [0.15, 0.2) is 0 Å². The van der Waals surface area contributed by atoms with Gasteiger partial charge in [0.25, 0.3) is 0 Å². The van der Waals surface area contributed by atoms with E-state index < -0.39 is 73.3 Å². The van der Waals surface area contributed by atoms with Crippen molar-refractivity contribution in [2.24, 2.45) is 0 Å². The van der Waals surface area contributed by atoms with E-state index in [-0.39, 0.29) is 64.4 Å². The van der Waals surface area contributed by atoms with Crippen LogP contribution in [0.25, 0.3) is 0 Å². The number of carbonyl (C=O) groups excluding carboxylic acids is 4. The van der Waals surface area contributed by atoms with Crippen LogP contribution in [0.5, 0.6) is 0 Å². The minimum atomic E-state index is -1.30. The fourth-order valence-electron chi connectivity index (χ4n) is 5.28. The monoisotopic (exact) mass is 774 g/mol. The van der Waals surface area contributed by atoms with Gasteiger partial charge in [0.1, 0.15) is 25.2 Å². The highest BCUT2D eigenvalue weighted by Gasteiger charge is 2.23. The van der Waals surface area contributed by atoms with Gasteiger partial charge in [-0.3, -0.25) is 33.6 Å². The normalized spacial score (nSPS) is 11.9. The maximum atomic E-state index is 12.3. The molecule has 0 aliphatic heterocycles.